The largest absolute Gasteiger partial charge is 0.480 e. The number of thiophene rings is 1. The van der Waals surface area contributed by atoms with Crippen LogP contribution in [0.5, 0.6) is 0 Å². The Kier molecular flexibility index (Phi) is 5.56. The van der Waals surface area contributed by atoms with Crippen molar-refractivity contribution >= 4 is 23.3 Å². The Labute approximate surface area is 123 Å². The predicted molar refractivity (Wildman–Crippen MR) is 80.1 cm³/mol. The molecule has 1 atom stereocenters. The number of amides is 2. The molecule has 2 amide bonds. The lowest BCUT2D eigenvalue weighted by molar-refractivity contribution is -0.142. The molecule has 0 saturated heterocycles. The highest BCUT2D eigenvalue weighted by Gasteiger charge is 2.33. The number of urea groups is 1. The van der Waals surface area contributed by atoms with E-state index in [2.05, 4.69) is 5.32 Å². The SMILES string of the molecule is CN(CCc1cccs1)C(=O)N[C@@H](C(=O)O)C(C)(C)C. The van der Waals surface area contributed by atoms with Crippen LogP contribution in [0.3, 0.4) is 0 Å². The second kappa shape index (κ2) is 6.74. The molecule has 0 radical (unpaired) electrons. The number of nitrogens with zero attached hydrogens (tertiary/aromatic N) is 1. The van der Waals surface area contributed by atoms with Gasteiger partial charge in [0.05, 0.1) is 0 Å². The summed E-state index contributed by atoms with van der Waals surface area (Å²) in [4.78, 5) is 26.0. The topological polar surface area (TPSA) is 69.6 Å². The first-order chi connectivity index (χ1) is 9.21. The maximum Gasteiger partial charge on any atom is 0.326 e. The first kappa shape index (κ1) is 16.5. The standard InChI is InChI=1S/C14H22N2O3S/c1-14(2,3)11(12(17)18)15-13(19)16(4)8-7-10-6-5-9-20-10/h5-6,9,11H,7-8H2,1-4H3,(H,15,19)(H,17,18)/t11-/m0/s1. The Morgan fingerprint density at radius 3 is 2.55 bits per heavy atom. The van der Waals surface area contributed by atoms with Crippen molar-refractivity contribution in [2.45, 2.75) is 33.2 Å². The fraction of sp³-hybridized carbons (Fsp3) is 0.571. The second-order valence-corrected chi connectivity index (χ2v) is 6.87. The molecule has 0 saturated carbocycles. The molecule has 112 valence electrons. The molecule has 0 bridgehead atoms. The maximum atomic E-state index is 12.0. The van der Waals surface area contributed by atoms with E-state index in [-0.39, 0.29) is 6.03 Å². The van der Waals surface area contributed by atoms with E-state index in [4.69, 9.17) is 0 Å². The van der Waals surface area contributed by atoms with Crippen LogP contribution >= 0.6 is 11.3 Å². The van der Waals surface area contributed by atoms with Gasteiger partial charge >= 0.3 is 12.0 Å². The molecule has 1 aromatic heterocycles. The third-order valence-corrected chi connectivity index (χ3v) is 3.94. The van der Waals surface area contributed by atoms with Crippen molar-refractivity contribution in [1.82, 2.24) is 10.2 Å². The molecule has 0 aliphatic rings. The molecule has 0 aromatic carbocycles. The van der Waals surface area contributed by atoms with Crippen molar-refractivity contribution in [2.75, 3.05) is 13.6 Å². The average molecular weight is 298 g/mol. The minimum Gasteiger partial charge on any atom is -0.480 e. The zero-order valence-corrected chi connectivity index (χ0v) is 13.2. The third-order valence-electron chi connectivity index (χ3n) is 3.00. The number of carbonyl (C=O) groups excluding carboxylic acids is 1. The van der Waals surface area contributed by atoms with Crippen molar-refractivity contribution in [3.8, 4) is 0 Å². The van der Waals surface area contributed by atoms with Crippen LogP contribution in [0, 0.1) is 5.41 Å². The Hall–Kier alpha value is -1.56. The number of hydrogen-bond acceptors (Lipinski definition) is 3. The van der Waals surface area contributed by atoms with Crippen molar-refractivity contribution in [1.29, 1.82) is 0 Å². The first-order valence-electron chi connectivity index (χ1n) is 6.48. The fourth-order valence-electron chi connectivity index (χ4n) is 1.72. The molecule has 0 spiro atoms. The summed E-state index contributed by atoms with van der Waals surface area (Å²) in [5, 5.41) is 13.8. The summed E-state index contributed by atoms with van der Waals surface area (Å²) in [5.41, 5.74) is -0.532. The molecule has 5 nitrogen and oxygen atoms in total. The maximum absolute atomic E-state index is 12.0. The number of nitrogens with one attached hydrogen (secondary N) is 1. The molecular weight excluding hydrogens is 276 g/mol. The van der Waals surface area contributed by atoms with Gasteiger partial charge in [-0.15, -0.1) is 11.3 Å². The van der Waals surface area contributed by atoms with Crippen LogP contribution in [-0.4, -0.2) is 41.6 Å². The highest BCUT2D eigenvalue weighted by atomic mass is 32.1. The van der Waals surface area contributed by atoms with E-state index in [1.807, 2.05) is 17.5 Å². The lowest BCUT2D eigenvalue weighted by Crippen LogP contribution is -2.52. The van der Waals surface area contributed by atoms with E-state index >= 15 is 0 Å². The predicted octanol–water partition coefficient (Wildman–Crippen LogP) is 2.43. The van der Waals surface area contributed by atoms with E-state index < -0.39 is 17.4 Å². The molecule has 1 rings (SSSR count). The van der Waals surface area contributed by atoms with E-state index in [0.29, 0.717) is 6.54 Å². The van der Waals surface area contributed by atoms with Crippen LogP contribution in [0.15, 0.2) is 17.5 Å². The molecule has 20 heavy (non-hydrogen) atoms. The quantitative estimate of drug-likeness (QED) is 0.877. The summed E-state index contributed by atoms with van der Waals surface area (Å²) in [7, 11) is 1.67. The highest BCUT2D eigenvalue weighted by Crippen LogP contribution is 2.19. The zero-order chi connectivity index (χ0) is 15.3. The normalized spacial score (nSPS) is 12.8. The van der Waals surface area contributed by atoms with Crippen molar-refractivity contribution in [3.05, 3.63) is 22.4 Å². The van der Waals surface area contributed by atoms with Crippen LogP contribution in [0.1, 0.15) is 25.6 Å². The number of aliphatic carboxylic acids is 1. The van der Waals surface area contributed by atoms with Crippen LogP contribution in [0.4, 0.5) is 4.79 Å². The van der Waals surface area contributed by atoms with Gasteiger partial charge in [-0.2, -0.15) is 0 Å². The van der Waals surface area contributed by atoms with Gasteiger partial charge in [0, 0.05) is 18.5 Å². The van der Waals surface area contributed by atoms with Gasteiger partial charge < -0.3 is 15.3 Å². The lowest BCUT2D eigenvalue weighted by atomic mass is 9.87. The second-order valence-electron chi connectivity index (χ2n) is 5.84. The molecule has 0 fully saturated rings. The van der Waals surface area contributed by atoms with E-state index in [0.717, 1.165) is 6.42 Å². The highest BCUT2D eigenvalue weighted by molar-refractivity contribution is 7.09. The van der Waals surface area contributed by atoms with Gasteiger partial charge in [-0.05, 0) is 23.3 Å². The van der Waals surface area contributed by atoms with Crippen molar-refractivity contribution < 1.29 is 14.7 Å². The Bertz CT molecular complexity index is 451. The Morgan fingerprint density at radius 2 is 2.10 bits per heavy atom. The van der Waals surface area contributed by atoms with Crippen LogP contribution in [-0.2, 0) is 11.2 Å². The molecule has 0 aliphatic heterocycles. The fourth-order valence-corrected chi connectivity index (χ4v) is 2.41. The summed E-state index contributed by atoms with van der Waals surface area (Å²) >= 11 is 1.65. The molecular formula is C14H22N2O3S. The number of carboxylic acids is 1. The van der Waals surface area contributed by atoms with E-state index in [1.54, 1.807) is 39.2 Å². The van der Waals surface area contributed by atoms with Gasteiger partial charge in [-0.1, -0.05) is 26.8 Å². The monoisotopic (exact) mass is 298 g/mol. The number of hydrogen-bond donors (Lipinski definition) is 2. The van der Waals surface area contributed by atoms with Gasteiger partial charge in [-0.3, -0.25) is 0 Å². The van der Waals surface area contributed by atoms with Gasteiger partial charge in [0.15, 0.2) is 0 Å². The number of carboxylic acid groups (broad SMARTS) is 1. The summed E-state index contributed by atoms with van der Waals surface area (Å²) in [6.07, 6.45) is 0.773. The molecule has 2 N–H and O–H groups in total. The van der Waals surface area contributed by atoms with Crippen LogP contribution in [0.2, 0.25) is 0 Å². The summed E-state index contributed by atoms with van der Waals surface area (Å²) in [5.74, 6) is -1.02. The molecule has 0 aliphatic carbocycles. The smallest absolute Gasteiger partial charge is 0.326 e. The Balaban J connectivity index is 2.53. The molecule has 1 aromatic rings. The van der Waals surface area contributed by atoms with Crippen molar-refractivity contribution in [2.24, 2.45) is 5.41 Å². The minimum atomic E-state index is -1.02. The van der Waals surface area contributed by atoms with Crippen molar-refractivity contribution in [3.63, 3.8) is 0 Å². The van der Waals surface area contributed by atoms with Crippen LogP contribution in [0.25, 0.3) is 0 Å². The lowest BCUT2D eigenvalue weighted by Gasteiger charge is -2.29. The van der Waals surface area contributed by atoms with Gasteiger partial charge in [0.2, 0.25) is 0 Å². The molecule has 0 unspecified atom stereocenters. The Morgan fingerprint density at radius 1 is 1.45 bits per heavy atom. The van der Waals surface area contributed by atoms with E-state index in [9.17, 15) is 14.7 Å². The first-order valence-corrected chi connectivity index (χ1v) is 7.36. The van der Waals surface area contributed by atoms with Gasteiger partial charge in [0.1, 0.15) is 6.04 Å². The summed E-state index contributed by atoms with van der Waals surface area (Å²) in [6.45, 7) is 5.93. The number of rotatable bonds is 5. The summed E-state index contributed by atoms with van der Waals surface area (Å²) in [6, 6.07) is 2.73. The van der Waals surface area contributed by atoms with Gasteiger partial charge in [-0.25, -0.2) is 9.59 Å². The average Bonchev–Trinajstić information content (AvgIpc) is 2.83. The third kappa shape index (κ3) is 4.85. The van der Waals surface area contributed by atoms with E-state index in [1.165, 1.54) is 9.78 Å². The minimum absolute atomic E-state index is 0.358. The zero-order valence-electron chi connectivity index (χ0n) is 12.3. The van der Waals surface area contributed by atoms with Crippen LogP contribution < -0.4 is 5.32 Å². The number of likely N-dealkylation sites (N-methyl/N-ethyl adjacent to an activating group) is 1. The number of carbonyl (C=O) groups is 2. The molecule has 1 heterocycles. The molecule has 6 heteroatoms. The summed E-state index contributed by atoms with van der Waals surface area (Å²) < 4.78 is 0. The van der Waals surface area contributed by atoms with Gasteiger partial charge in [0.25, 0.3) is 0 Å².